The number of carboxylic acids is 1. The van der Waals surface area contributed by atoms with Gasteiger partial charge in [-0.25, -0.2) is 9.59 Å². The molecule has 3 heterocycles. The lowest BCUT2D eigenvalue weighted by Crippen LogP contribution is -2.56. The van der Waals surface area contributed by atoms with Gasteiger partial charge in [0.15, 0.2) is 0 Å². The van der Waals surface area contributed by atoms with E-state index in [0.717, 1.165) is 38.7 Å². The van der Waals surface area contributed by atoms with Crippen molar-refractivity contribution in [3.63, 3.8) is 0 Å². The third kappa shape index (κ3) is 4.55. The molecule has 0 saturated carbocycles. The Bertz CT molecular complexity index is 1720. The summed E-state index contributed by atoms with van der Waals surface area (Å²) in [7, 11) is 0. The molecule has 2 amide bonds. The summed E-state index contributed by atoms with van der Waals surface area (Å²) in [4.78, 5) is 44.1. The Morgan fingerprint density at radius 3 is 2.65 bits per heavy atom. The van der Waals surface area contributed by atoms with Crippen LogP contribution in [0.15, 0.2) is 89.5 Å². The number of aromatic nitrogens is 1. The summed E-state index contributed by atoms with van der Waals surface area (Å²) in [5, 5.41) is 14.7. The number of aliphatic carboxylic acids is 1. The maximum atomic E-state index is 14.0. The van der Waals surface area contributed by atoms with Gasteiger partial charge in [0.05, 0.1) is 12.3 Å². The third-order valence-electron chi connectivity index (χ3n) is 7.38. The topological polar surface area (TPSA) is 125 Å². The second-order valence-electron chi connectivity index (χ2n) is 9.91. The Balaban J connectivity index is 1.37. The van der Waals surface area contributed by atoms with E-state index in [4.69, 9.17) is 9.15 Å². The number of carbonyl (C=O) groups excluding carboxylic acids is 2. The van der Waals surface area contributed by atoms with Crippen molar-refractivity contribution in [3.05, 3.63) is 108 Å². The third-order valence-corrected chi connectivity index (χ3v) is 7.38. The number of amides is 2. The number of nitrogens with one attached hydrogen (secondary N) is 2. The zero-order chi connectivity index (χ0) is 27.8. The summed E-state index contributed by atoms with van der Waals surface area (Å²) in [5.74, 6) is -1.66. The molecule has 2 aromatic heterocycles. The maximum Gasteiger partial charge on any atom is 0.408 e. The highest BCUT2D eigenvalue weighted by Crippen LogP contribution is 2.42. The quantitative estimate of drug-likeness (QED) is 0.275. The number of aromatic amines is 1. The average molecular weight is 538 g/mol. The van der Waals surface area contributed by atoms with Gasteiger partial charge in [-0.1, -0.05) is 54.6 Å². The molecule has 0 radical (unpaired) electrons. The molecule has 0 bridgehead atoms. The summed E-state index contributed by atoms with van der Waals surface area (Å²) < 4.78 is 10.8. The standard InChI is InChI=1S/C31H27N3O6/c1-18(32-31(38)40-17-19-7-3-2-4-8-19)29(35)34-25(30(36)37)16-23-22-9-5-6-10-24(22)33-27(23)28(34)21-11-12-26-20(15-21)13-14-39-26/h2-15,18,25,28,33H,16-17H2,1H3,(H,32,38)(H,36,37)/t18-,25?,28?/m0/s1. The molecule has 0 saturated heterocycles. The fraction of sp³-hybridized carbons (Fsp3) is 0.194. The van der Waals surface area contributed by atoms with Crippen molar-refractivity contribution in [2.45, 2.75) is 38.1 Å². The van der Waals surface area contributed by atoms with Crippen LogP contribution in [0.25, 0.3) is 21.9 Å². The van der Waals surface area contributed by atoms with Crippen molar-refractivity contribution < 1.29 is 28.6 Å². The molecular formula is C31H27N3O6. The molecule has 40 heavy (non-hydrogen) atoms. The number of furan rings is 1. The van der Waals surface area contributed by atoms with E-state index in [-0.39, 0.29) is 13.0 Å². The summed E-state index contributed by atoms with van der Waals surface area (Å²) in [6.45, 7) is 1.57. The first-order valence-electron chi connectivity index (χ1n) is 13.0. The van der Waals surface area contributed by atoms with E-state index in [0.29, 0.717) is 5.58 Å². The highest BCUT2D eigenvalue weighted by Gasteiger charge is 2.45. The Morgan fingerprint density at radius 1 is 1.07 bits per heavy atom. The number of hydrogen-bond donors (Lipinski definition) is 3. The highest BCUT2D eigenvalue weighted by atomic mass is 16.5. The lowest BCUT2D eigenvalue weighted by atomic mass is 9.87. The smallest absolute Gasteiger partial charge is 0.408 e. The van der Waals surface area contributed by atoms with Crippen molar-refractivity contribution in [3.8, 4) is 0 Å². The zero-order valence-electron chi connectivity index (χ0n) is 21.7. The number of benzene rings is 3. The van der Waals surface area contributed by atoms with Gasteiger partial charge in [0.2, 0.25) is 5.91 Å². The molecule has 0 spiro atoms. The van der Waals surface area contributed by atoms with Gasteiger partial charge in [0, 0.05) is 28.4 Å². The van der Waals surface area contributed by atoms with Gasteiger partial charge in [0.25, 0.3) is 0 Å². The first-order valence-corrected chi connectivity index (χ1v) is 13.0. The number of ether oxygens (including phenoxy) is 1. The summed E-state index contributed by atoms with van der Waals surface area (Å²) >= 11 is 0. The van der Waals surface area contributed by atoms with Crippen LogP contribution in [0.3, 0.4) is 0 Å². The lowest BCUT2D eigenvalue weighted by Gasteiger charge is -2.41. The van der Waals surface area contributed by atoms with Gasteiger partial charge in [-0.05, 0) is 47.9 Å². The second kappa shape index (κ2) is 10.3. The first-order chi connectivity index (χ1) is 19.4. The molecule has 5 aromatic rings. The molecule has 0 aliphatic carbocycles. The predicted octanol–water partition coefficient (Wildman–Crippen LogP) is 5.16. The molecule has 0 fully saturated rings. The van der Waals surface area contributed by atoms with E-state index in [9.17, 15) is 19.5 Å². The fourth-order valence-electron chi connectivity index (χ4n) is 5.48. The molecule has 1 aliphatic heterocycles. The molecule has 2 unspecified atom stereocenters. The van der Waals surface area contributed by atoms with Crippen molar-refractivity contribution in [1.82, 2.24) is 15.2 Å². The van der Waals surface area contributed by atoms with Crippen LogP contribution in [-0.4, -0.2) is 45.0 Å². The van der Waals surface area contributed by atoms with Gasteiger partial charge in [-0.3, -0.25) is 4.79 Å². The van der Waals surface area contributed by atoms with E-state index >= 15 is 0 Å². The van der Waals surface area contributed by atoms with E-state index in [1.807, 2.05) is 78.9 Å². The minimum atomic E-state index is -1.16. The minimum absolute atomic E-state index is 0.0425. The molecular weight excluding hydrogens is 510 g/mol. The zero-order valence-corrected chi connectivity index (χ0v) is 21.7. The summed E-state index contributed by atoms with van der Waals surface area (Å²) in [6.07, 6.45) is 0.937. The van der Waals surface area contributed by atoms with Crippen LogP contribution < -0.4 is 5.32 Å². The molecule has 1 aliphatic rings. The summed E-state index contributed by atoms with van der Waals surface area (Å²) in [5.41, 5.74) is 4.66. The number of H-pyrrole nitrogens is 1. The Kier molecular flexibility index (Phi) is 6.47. The van der Waals surface area contributed by atoms with Crippen LogP contribution in [-0.2, 0) is 27.4 Å². The highest BCUT2D eigenvalue weighted by molar-refractivity contribution is 5.93. The van der Waals surface area contributed by atoms with Gasteiger partial charge >= 0.3 is 12.1 Å². The second-order valence-corrected chi connectivity index (χ2v) is 9.91. The van der Waals surface area contributed by atoms with Crippen molar-refractivity contribution in [1.29, 1.82) is 0 Å². The van der Waals surface area contributed by atoms with Crippen LogP contribution >= 0.6 is 0 Å². The van der Waals surface area contributed by atoms with E-state index < -0.39 is 36.1 Å². The maximum absolute atomic E-state index is 14.0. The van der Waals surface area contributed by atoms with Crippen molar-refractivity contribution in [2.24, 2.45) is 0 Å². The SMILES string of the molecule is C[C@H](NC(=O)OCc1ccccc1)C(=O)N1C(C(=O)O)Cc2c([nH]c3ccccc23)C1c1ccc2occc2c1. The van der Waals surface area contributed by atoms with Gasteiger partial charge in [0.1, 0.15) is 24.3 Å². The Hall–Kier alpha value is -5.05. The van der Waals surface area contributed by atoms with E-state index in [2.05, 4.69) is 10.3 Å². The Labute approximate surface area is 229 Å². The van der Waals surface area contributed by atoms with E-state index in [1.54, 1.807) is 6.26 Å². The van der Waals surface area contributed by atoms with E-state index in [1.165, 1.54) is 11.8 Å². The largest absolute Gasteiger partial charge is 0.480 e. The molecule has 9 heteroatoms. The van der Waals surface area contributed by atoms with Crippen LogP contribution in [0, 0.1) is 0 Å². The molecule has 3 atom stereocenters. The van der Waals surface area contributed by atoms with Crippen molar-refractivity contribution >= 4 is 39.8 Å². The molecule has 202 valence electrons. The van der Waals surface area contributed by atoms with Crippen LogP contribution in [0.5, 0.6) is 0 Å². The number of nitrogens with zero attached hydrogens (tertiary/aromatic N) is 1. The number of carboxylic acid groups (broad SMARTS) is 1. The average Bonchev–Trinajstić information content (AvgIpc) is 3.59. The van der Waals surface area contributed by atoms with Gasteiger partial charge in [-0.2, -0.15) is 0 Å². The predicted molar refractivity (Wildman–Crippen MR) is 148 cm³/mol. The van der Waals surface area contributed by atoms with Crippen LogP contribution in [0.1, 0.15) is 35.3 Å². The molecule has 9 nitrogen and oxygen atoms in total. The first kappa shape index (κ1) is 25.2. The number of para-hydroxylation sites is 1. The number of carbonyl (C=O) groups is 3. The van der Waals surface area contributed by atoms with Crippen LogP contribution in [0.2, 0.25) is 0 Å². The van der Waals surface area contributed by atoms with Gasteiger partial charge < -0.3 is 29.5 Å². The molecule has 6 rings (SSSR count). The van der Waals surface area contributed by atoms with Crippen molar-refractivity contribution in [2.75, 3.05) is 0 Å². The number of rotatable bonds is 6. The Morgan fingerprint density at radius 2 is 1.85 bits per heavy atom. The number of fused-ring (bicyclic) bond motifs is 4. The number of hydrogen-bond acceptors (Lipinski definition) is 5. The molecule has 3 N–H and O–H groups in total. The lowest BCUT2D eigenvalue weighted by molar-refractivity contribution is -0.153. The van der Waals surface area contributed by atoms with Crippen LogP contribution in [0.4, 0.5) is 4.79 Å². The minimum Gasteiger partial charge on any atom is -0.480 e. The monoisotopic (exact) mass is 537 g/mol. The number of alkyl carbamates (subject to hydrolysis) is 1. The fourth-order valence-corrected chi connectivity index (χ4v) is 5.48. The van der Waals surface area contributed by atoms with Gasteiger partial charge in [-0.15, -0.1) is 0 Å². The normalized spacial score (nSPS) is 17.4. The molecule has 3 aromatic carbocycles. The summed E-state index contributed by atoms with van der Waals surface area (Å²) in [6, 6.07) is 21.3.